The van der Waals surface area contributed by atoms with E-state index in [1.807, 2.05) is 19.1 Å². The highest BCUT2D eigenvalue weighted by molar-refractivity contribution is 8.00. The van der Waals surface area contributed by atoms with Gasteiger partial charge in [-0.05, 0) is 36.8 Å². The Bertz CT molecular complexity index is 833. The number of nitrogens with one attached hydrogen (secondary N) is 2. The van der Waals surface area contributed by atoms with Crippen LogP contribution in [0.4, 0.5) is 0 Å². The molecule has 2 aromatic carbocycles. The summed E-state index contributed by atoms with van der Waals surface area (Å²) in [5.74, 6) is -0.132. The Morgan fingerprint density at radius 3 is 2.64 bits per heavy atom. The van der Waals surface area contributed by atoms with Crippen LogP contribution >= 0.6 is 35.0 Å². The van der Waals surface area contributed by atoms with Crippen LogP contribution in [0.25, 0.3) is 0 Å². The fourth-order valence-electron chi connectivity index (χ4n) is 2.47. The van der Waals surface area contributed by atoms with Crippen molar-refractivity contribution in [3.63, 3.8) is 0 Å². The molecule has 1 unspecified atom stereocenters. The van der Waals surface area contributed by atoms with E-state index < -0.39 is 0 Å². The van der Waals surface area contributed by atoms with Gasteiger partial charge in [-0.3, -0.25) is 9.59 Å². The molecule has 1 atom stereocenters. The van der Waals surface area contributed by atoms with E-state index in [2.05, 4.69) is 10.6 Å². The van der Waals surface area contributed by atoms with Gasteiger partial charge in [0.25, 0.3) is 5.91 Å². The SMILES string of the molecule is COCCNC(=O)CSc1ccccc1C(=O)NC(C)c1ccc(Cl)cc1Cl. The molecule has 28 heavy (non-hydrogen) atoms. The Hall–Kier alpha value is -1.73. The third-order valence-electron chi connectivity index (χ3n) is 3.90. The quantitative estimate of drug-likeness (QED) is 0.449. The Morgan fingerprint density at radius 2 is 1.93 bits per heavy atom. The van der Waals surface area contributed by atoms with Gasteiger partial charge in [-0.2, -0.15) is 0 Å². The van der Waals surface area contributed by atoms with Gasteiger partial charge in [0, 0.05) is 28.6 Å². The topological polar surface area (TPSA) is 67.4 Å². The lowest BCUT2D eigenvalue weighted by Crippen LogP contribution is -2.29. The molecule has 5 nitrogen and oxygen atoms in total. The van der Waals surface area contributed by atoms with Gasteiger partial charge in [-0.25, -0.2) is 0 Å². The average Bonchev–Trinajstić information content (AvgIpc) is 2.66. The van der Waals surface area contributed by atoms with Crippen molar-refractivity contribution in [1.82, 2.24) is 10.6 Å². The van der Waals surface area contributed by atoms with Crippen LogP contribution in [0.3, 0.4) is 0 Å². The zero-order chi connectivity index (χ0) is 20.5. The minimum atomic E-state index is -0.298. The van der Waals surface area contributed by atoms with Crippen molar-refractivity contribution < 1.29 is 14.3 Å². The Balaban J connectivity index is 2.02. The number of methoxy groups -OCH3 is 1. The third kappa shape index (κ3) is 6.71. The van der Waals surface area contributed by atoms with Crippen molar-refractivity contribution in [3.8, 4) is 0 Å². The van der Waals surface area contributed by atoms with Crippen LogP contribution in [0.15, 0.2) is 47.4 Å². The van der Waals surface area contributed by atoms with E-state index in [1.54, 1.807) is 37.4 Å². The van der Waals surface area contributed by atoms with Crippen LogP contribution in [0.1, 0.15) is 28.9 Å². The minimum absolute atomic E-state index is 0.112. The molecule has 0 aromatic heterocycles. The number of thioether (sulfide) groups is 1. The molecule has 0 radical (unpaired) electrons. The van der Waals surface area contributed by atoms with E-state index in [0.29, 0.717) is 28.8 Å². The molecule has 8 heteroatoms. The zero-order valence-electron chi connectivity index (χ0n) is 15.6. The fourth-order valence-corrected chi connectivity index (χ4v) is 3.92. The van der Waals surface area contributed by atoms with E-state index in [-0.39, 0.29) is 23.6 Å². The number of hydrogen-bond donors (Lipinski definition) is 2. The van der Waals surface area contributed by atoms with Crippen molar-refractivity contribution in [3.05, 3.63) is 63.6 Å². The second-order valence-electron chi connectivity index (χ2n) is 5.99. The first-order valence-corrected chi connectivity index (χ1v) is 10.4. The molecule has 0 saturated carbocycles. The van der Waals surface area contributed by atoms with Gasteiger partial charge in [0.05, 0.1) is 24.0 Å². The molecule has 2 amide bonds. The van der Waals surface area contributed by atoms with Gasteiger partial charge in [0.2, 0.25) is 5.91 Å². The van der Waals surface area contributed by atoms with Crippen LogP contribution < -0.4 is 10.6 Å². The second kappa shape index (κ2) is 11.3. The standard InChI is InChI=1S/C20H22Cl2N2O3S/c1-13(15-8-7-14(21)11-17(15)22)24-20(26)16-5-3-4-6-18(16)28-12-19(25)23-9-10-27-2/h3-8,11,13H,9-10,12H2,1-2H3,(H,23,25)(H,24,26). The van der Waals surface area contributed by atoms with Gasteiger partial charge in [0.1, 0.15) is 0 Å². The van der Waals surface area contributed by atoms with Crippen molar-refractivity contribution in [2.45, 2.75) is 17.9 Å². The smallest absolute Gasteiger partial charge is 0.252 e. The van der Waals surface area contributed by atoms with Crippen molar-refractivity contribution in [2.75, 3.05) is 26.0 Å². The fraction of sp³-hybridized carbons (Fsp3) is 0.300. The number of ether oxygens (including phenoxy) is 1. The Morgan fingerprint density at radius 1 is 1.18 bits per heavy atom. The summed E-state index contributed by atoms with van der Waals surface area (Å²) in [6.45, 7) is 2.77. The molecule has 0 spiro atoms. The van der Waals surface area contributed by atoms with Crippen LogP contribution in [0, 0.1) is 0 Å². The molecule has 0 heterocycles. The Labute approximate surface area is 179 Å². The van der Waals surface area contributed by atoms with Crippen molar-refractivity contribution in [2.24, 2.45) is 0 Å². The van der Waals surface area contributed by atoms with E-state index >= 15 is 0 Å². The summed E-state index contributed by atoms with van der Waals surface area (Å²) in [5.41, 5.74) is 1.29. The highest BCUT2D eigenvalue weighted by Crippen LogP contribution is 2.27. The molecule has 0 saturated heterocycles. The monoisotopic (exact) mass is 440 g/mol. The maximum absolute atomic E-state index is 12.8. The Kier molecular flexibility index (Phi) is 9.12. The van der Waals surface area contributed by atoms with Gasteiger partial charge >= 0.3 is 0 Å². The van der Waals surface area contributed by atoms with E-state index in [0.717, 1.165) is 10.5 Å². The van der Waals surface area contributed by atoms with Crippen molar-refractivity contribution in [1.29, 1.82) is 0 Å². The first kappa shape index (κ1) is 22.6. The first-order chi connectivity index (χ1) is 13.4. The van der Waals surface area contributed by atoms with Crippen LogP contribution in [-0.4, -0.2) is 37.8 Å². The molecule has 0 fully saturated rings. The third-order valence-corrected chi connectivity index (χ3v) is 5.53. The summed E-state index contributed by atoms with van der Waals surface area (Å²) >= 11 is 13.5. The highest BCUT2D eigenvalue weighted by Gasteiger charge is 2.17. The molecule has 0 bridgehead atoms. The van der Waals surface area contributed by atoms with Gasteiger partial charge in [-0.15, -0.1) is 11.8 Å². The normalized spacial score (nSPS) is 11.7. The van der Waals surface area contributed by atoms with Crippen LogP contribution in [0.2, 0.25) is 10.0 Å². The number of hydrogen-bond acceptors (Lipinski definition) is 4. The predicted octanol–water partition coefficient (Wildman–Crippen LogP) is 4.34. The van der Waals surface area contributed by atoms with Gasteiger partial charge < -0.3 is 15.4 Å². The van der Waals surface area contributed by atoms with Crippen LogP contribution in [0.5, 0.6) is 0 Å². The van der Waals surface area contributed by atoms with Crippen LogP contribution in [-0.2, 0) is 9.53 Å². The summed E-state index contributed by atoms with van der Waals surface area (Å²) in [7, 11) is 1.58. The molecule has 0 aliphatic carbocycles. The summed E-state index contributed by atoms with van der Waals surface area (Å²) < 4.78 is 4.90. The lowest BCUT2D eigenvalue weighted by molar-refractivity contribution is -0.118. The van der Waals surface area contributed by atoms with Gasteiger partial charge in [-0.1, -0.05) is 41.4 Å². The predicted molar refractivity (Wildman–Crippen MR) is 114 cm³/mol. The summed E-state index contributed by atoms with van der Waals surface area (Å²) in [6, 6.07) is 12.1. The highest BCUT2D eigenvalue weighted by atomic mass is 35.5. The van der Waals surface area contributed by atoms with E-state index in [9.17, 15) is 9.59 Å². The van der Waals surface area contributed by atoms with Crippen molar-refractivity contribution >= 4 is 46.8 Å². The number of benzene rings is 2. The maximum atomic E-state index is 12.8. The molecule has 2 rings (SSSR count). The first-order valence-electron chi connectivity index (χ1n) is 8.65. The molecule has 2 N–H and O–H groups in total. The lowest BCUT2D eigenvalue weighted by atomic mass is 10.1. The minimum Gasteiger partial charge on any atom is -0.383 e. The number of rotatable bonds is 9. The summed E-state index contributed by atoms with van der Waals surface area (Å²) in [6.07, 6.45) is 0. The molecular formula is C20H22Cl2N2O3S. The van der Waals surface area contributed by atoms with E-state index in [4.69, 9.17) is 27.9 Å². The number of carbonyl (C=O) groups excluding carboxylic acids is 2. The molecule has 0 aliphatic heterocycles. The molecule has 0 aliphatic rings. The number of halogens is 2. The summed E-state index contributed by atoms with van der Waals surface area (Å²) in [4.78, 5) is 25.4. The maximum Gasteiger partial charge on any atom is 0.252 e. The molecule has 2 aromatic rings. The second-order valence-corrected chi connectivity index (χ2v) is 7.85. The van der Waals surface area contributed by atoms with Gasteiger partial charge in [0.15, 0.2) is 0 Å². The average molecular weight is 441 g/mol. The number of amides is 2. The number of carbonyl (C=O) groups is 2. The summed E-state index contributed by atoms with van der Waals surface area (Å²) in [5, 5.41) is 6.74. The zero-order valence-corrected chi connectivity index (χ0v) is 18.0. The lowest BCUT2D eigenvalue weighted by Gasteiger charge is -2.17. The van der Waals surface area contributed by atoms with E-state index in [1.165, 1.54) is 11.8 Å². The largest absolute Gasteiger partial charge is 0.383 e. The molecular weight excluding hydrogens is 419 g/mol. The molecule has 150 valence electrons.